The first-order valence-electron chi connectivity index (χ1n) is 5.62. The summed E-state index contributed by atoms with van der Waals surface area (Å²) in [5.41, 5.74) is -2.08. The van der Waals surface area contributed by atoms with Crippen LogP contribution in [0.3, 0.4) is 0 Å². The minimum absolute atomic E-state index is 0.647. The quantitative estimate of drug-likeness (QED) is 0.292. The molecule has 1 aliphatic heterocycles. The molecule has 6 N–H and O–H groups in total. The van der Waals surface area contributed by atoms with E-state index in [9.17, 15) is 24.9 Å². The smallest absolute Gasteiger partial charge is 0.218 e. The third-order valence-electron chi connectivity index (χ3n) is 2.81. The van der Waals surface area contributed by atoms with Gasteiger partial charge in [0.15, 0.2) is 5.66 Å². The predicted molar refractivity (Wildman–Crippen MR) is 60.3 cm³/mol. The van der Waals surface area contributed by atoms with Crippen molar-refractivity contribution < 1.29 is 34.8 Å². The first kappa shape index (κ1) is 15.8. The zero-order valence-electron chi connectivity index (χ0n) is 10.5. The number of hydrogen-bond donors (Lipinski definition) is 6. The third kappa shape index (κ3) is 3.01. The monoisotopic (exact) mass is 278 g/mol. The van der Waals surface area contributed by atoms with Crippen molar-refractivity contribution in [3.05, 3.63) is 0 Å². The normalized spacial score (nSPS) is 33.6. The highest BCUT2D eigenvalue weighted by molar-refractivity contribution is 5.77. The van der Waals surface area contributed by atoms with Crippen molar-refractivity contribution in [2.45, 2.75) is 44.1 Å². The molecule has 0 aromatic heterocycles. The summed E-state index contributed by atoms with van der Waals surface area (Å²) in [7, 11) is 0. The molecule has 0 saturated carbocycles. The van der Waals surface area contributed by atoms with Crippen molar-refractivity contribution >= 4 is 11.8 Å². The molecule has 1 saturated heterocycles. The Morgan fingerprint density at radius 1 is 1.16 bits per heavy atom. The summed E-state index contributed by atoms with van der Waals surface area (Å²) in [4.78, 5) is 22.4. The number of carbonyl (C=O) groups excluding carboxylic acids is 2. The Morgan fingerprint density at radius 2 is 1.63 bits per heavy atom. The number of carbonyl (C=O) groups is 2. The van der Waals surface area contributed by atoms with Crippen molar-refractivity contribution in [2.24, 2.45) is 0 Å². The maximum Gasteiger partial charge on any atom is 0.218 e. The van der Waals surface area contributed by atoms with Crippen LogP contribution in [-0.4, -0.2) is 69.1 Å². The number of ether oxygens (including phenoxy) is 1. The van der Waals surface area contributed by atoms with Crippen molar-refractivity contribution in [1.82, 2.24) is 10.6 Å². The van der Waals surface area contributed by atoms with Crippen LogP contribution in [0.25, 0.3) is 0 Å². The average molecular weight is 278 g/mol. The standard InChI is InChI=1S/C10H18N2O7/c1-4(14)11-10(12-5(2)15)8(17)7(16)6(3-13)19-9(10)18/h6-9,13,16-18H,3H2,1-2H3,(H,11,14)(H,12,15)/t6-,7-,8+,9?/m1/s1. The van der Waals surface area contributed by atoms with Gasteiger partial charge in [-0.2, -0.15) is 0 Å². The second-order valence-electron chi connectivity index (χ2n) is 4.38. The molecule has 0 spiro atoms. The van der Waals surface area contributed by atoms with Crippen LogP contribution in [-0.2, 0) is 14.3 Å². The Balaban J connectivity index is 3.12. The van der Waals surface area contributed by atoms with Crippen molar-refractivity contribution in [1.29, 1.82) is 0 Å². The van der Waals surface area contributed by atoms with Gasteiger partial charge in [-0.25, -0.2) is 0 Å². The van der Waals surface area contributed by atoms with E-state index < -0.39 is 48.7 Å². The van der Waals surface area contributed by atoms with Crippen molar-refractivity contribution in [2.75, 3.05) is 6.61 Å². The van der Waals surface area contributed by atoms with E-state index in [4.69, 9.17) is 9.84 Å². The molecule has 0 aromatic carbocycles. The fraction of sp³-hybridized carbons (Fsp3) is 0.800. The SMILES string of the molecule is CC(=O)NC1(NC(C)=O)C(O)O[C@H](CO)[C@@H](O)[C@@H]1O. The van der Waals surface area contributed by atoms with Crippen LogP contribution in [0.15, 0.2) is 0 Å². The van der Waals surface area contributed by atoms with E-state index in [0.29, 0.717) is 0 Å². The van der Waals surface area contributed by atoms with Crippen molar-refractivity contribution in [3.8, 4) is 0 Å². The second kappa shape index (κ2) is 5.80. The fourth-order valence-electron chi connectivity index (χ4n) is 2.01. The first-order chi connectivity index (χ1) is 8.74. The summed E-state index contributed by atoms with van der Waals surface area (Å²) in [6, 6.07) is 0. The van der Waals surface area contributed by atoms with Crippen LogP contribution in [0.4, 0.5) is 0 Å². The van der Waals surface area contributed by atoms with Gasteiger partial charge in [0.1, 0.15) is 18.3 Å². The maximum atomic E-state index is 11.2. The largest absolute Gasteiger partial charge is 0.394 e. The molecule has 0 aromatic rings. The molecule has 4 atom stereocenters. The Morgan fingerprint density at radius 3 is 2.00 bits per heavy atom. The summed E-state index contributed by atoms with van der Waals surface area (Å²) >= 11 is 0. The number of aliphatic hydroxyl groups is 4. The molecule has 19 heavy (non-hydrogen) atoms. The highest BCUT2D eigenvalue weighted by atomic mass is 16.6. The lowest BCUT2D eigenvalue weighted by Crippen LogP contribution is -2.79. The molecule has 0 bridgehead atoms. The van der Waals surface area contributed by atoms with Crippen molar-refractivity contribution in [3.63, 3.8) is 0 Å². The van der Waals surface area contributed by atoms with E-state index in [2.05, 4.69) is 10.6 Å². The minimum Gasteiger partial charge on any atom is -0.394 e. The zero-order valence-corrected chi connectivity index (χ0v) is 10.5. The van der Waals surface area contributed by atoms with E-state index in [-0.39, 0.29) is 0 Å². The topological polar surface area (TPSA) is 148 Å². The van der Waals surface area contributed by atoms with Crippen LogP contribution in [0.5, 0.6) is 0 Å². The Hall–Kier alpha value is -1.26. The van der Waals surface area contributed by atoms with Gasteiger partial charge in [-0.05, 0) is 0 Å². The molecular weight excluding hydrogens is 260 g/mol. The Kier molecular flexibility index (Phi) is 4.82. The molecule has 110 valence electrons. The Labute approximate surface area is 109 Å². The highest BCUT2D eigenvalue weighted by Gasteiger charge is 2.56. The second-order valence-corrected chi connectivity index (χ2v) is 4.38. The lowest BCUT2D eigenvalue weighted by molar-refractivity contribution is -0.289. The first-order valence-corrected chi connectivity index (χ1v) is 5.62. The molecule has 9 nitrogen and oxygen atoms in total. The van der Waals surface area contributed by atoms with E-state index >= 15 is 0 Å². The summed E-state index contributed by atoms with van der Waals surface area (Å²) in [6.45, 7) is 1.56. The Bertz CT molecular complexity index is 346. The van der Waals surface area contributed by atoms with Gasteiger partial charge in [-0.1, -0.05) is 0 Å². The minimum atomic E-state index is -2.08. The van der Waals surface area contributed by atoms with Gasteiger partial charge < -0.3 is 35.8 Å². The van der Waals surface area contributed by atoms with Gasteiger partial charge in [0.25, 0.3) is 0 Å². The summed E-state index contributed by atoms with van der Waals surface area (Å²) < 4.78 is 4.90. The molecule has 9 heteroatoms. The van der Waals surface area contributed by atoms with Gasteiger partial charge in [0.2, 0.25) is 18.1 Å². The van der Waals surface area contributed by atoms with Crippen LogP contribution in [0, 0.1) is 0 Å². The van der Waals surface area contributed by atoms with Gasteiger partial charge in [-0.3, -0.25) is 9.59 Å². The summed E-state index contributed by atoms with van der Waals surface area (Å²) in [5, 5.41) is 42.9. The molecule has 1 rings (SSSR count). The molecule has 1 fully saturated rings. The number of amides is 2. The van der Waals surface area contributed by atoms with Crippen LogP contribution in [0.1, 0.15) is 13.8 Å². The number of aliphatic hydroxyl groups excluding tert-OH is 4. The molecule has 1 heterocycles. The fourth-order valence-corrected chi connectivity index (χ4v) is 2.01. The van der Waals surface area contributed by atoms with E-state index in [1.54, 1.807) is 0 Å². The number of hydrogen-bond acceptors (Lipinski definition) is 7. The molecule has 1 aliphatic rings. The maximum absolute atomic E-state index is 11.2. The highest BCUT2D eigenvalue weighted by Crippen LogP contribution is 2.27. The predicted octanol–water partition coefficient (Wildman–Crippen LogP) is -3.61. The molecule has 1 unspecified atom stereocenters. The summed E-state index contributed by atoms with van der Waals surface area (Å²) in [5.74, 6) is -1.32. The lowest BCUT2D eigenvalue weighted by atomic mass is 9.90. The van der Waals surface area contributed by atoms with E-state index in [0.717, 1.165) is 13.8 Å². The van der Waals surface area contributed by atoms with Gasteiger partial charge in [0, 0.05) is 13.8 Å². The van der Waals surface area contributed by atoms with Crippen LogP contribution >= 0.6 is 0 Å². The lowest BCUT2D eigenvalue weighted by Gasteiger charge is -2.49. The molecular formula is C10H18N2O7. The zero-order chi connectivity index (χ0) is 14.8. The number of nitrogens with one attached hydrogen (secondary N) is 2. The summed E-state index contributed by atoms with van der Waals surface area (Å²) in [6.07, 6.45) is -6.44. The van der Waals surface area contributed by atoms with E-state index in [1.807, 2.05) is 0 Å². The third-order valence-corrected chi connectivity index (χ3v) is 2.81. The van der Waals surface area contributed by atoms with Crippen LogP contribution in [0.2, 0.25) is 0 Å². The van der Waals surface area contributed by atoms with Gasteiger partial charge >= 0.3 is 0 Å². The van der Waals surface area contributed by atoms with E-state index in [1.165, 1.54) is 0 Å². The van der Waals surface area contributed by atoms with Gasteiger partial charge in [0.05, 0.1) is 6.61 Å². The molecule has 0 radical (unpaired) electrons. The average Bonchev–Trinajstić information content (AvgIpc) is 2.29. The molecule has 2 amide bonds. The number of rotatable bonds is 3. The van der Waals surface area contributed by atoms with Crippen LogP contribution < -0.4 is 10.6 Å². The van der Waals surface area contributed by atoms with Gasteiger partial charge in [-0.15, -0.1) is 0 Å². The molecule has 0 aliphatic carbocycles.